The molecule has 4 aliphatic rings. The molecule has 1 aromatic heterocycles. The predicted molar refractivity (Wildman–Crippen MR) is 107 cm³/mol. The summed E-state index contributed by atoms with van der Waals surface area (Å²) in [5, 5.41) is 15.3. The first-order chi connectivity index (χ1) is 12.3. The molecular formula is C20H24N4S. The van der Waals surface area contributed by atoms with Crippen molar-refractivity contribution in [2.45, 2.75) is 30.4 Å². The van der Waals surface area contributed by atoms with Gasteiger partial charge in [-0.15, -0.1) is 11.8 Å². The summed E-state index contributed by atoms with van der Waals surface area (Å²) in [5.41, 5.74) is 3.71. The molecule has 6 rings (SSSR count). The van der Waals surface area contributed by atoms with Crippen molar-refractivity contribution in [3.05, 3.63) is 41.4 Å². The molecule has 2 unspecified atom stereocenters. The molecule has 25 heavy (non-hydrogen) atoms. The number of H-pyrrole nitrogens is 1. The van der Waals surface area contributed by atoms with Crippen molar-refractivity contribution >= 4 is 34.2 Å². The van der Waals surface area contributed by atoms with E-state index in [2.05, 4.69) is 51.1 Å². The molecule has 3 fully saturated rings. The van der Waals surface area contributed by atoms with E-state index in [-0.39, 0.29) is 5.25 Å². The van der Waals surface area contributed by atoms with E-state index in [0.717, 1.165) is 18.0 Å². The number of aromatic amines is 1. The Bertz CT molecular complexity index is 823. The number of thioether (sulfide) groups is 1. The minimum absolute atomic E-state index is 0.239. The van der Waals surface area contributed by atoms with Crippen LogP contribution in [0, 0.1) is 11.3 Å². The van der Waals surface area contributed by atoms with Gasteiger partial charge in [0.1, 0.15) is 5.84 Å². The van der Waals surface area contributed by atoms with Crippen LogP contribution in [0.25, 0.3) is 10.9 Å². The van der Waals surface area contributed by atoms with Crippen LogP contribution in [-0.4, -0.2) is 40.6 Å². The summed E-state index contributed by atoms with van der Waals surface area (Å²) < 4.78 is 0. The zero-order valence-electron chi connectivity index (χ0n) is 14.3. The summed E-state index contributed by atoms with van der Waals surface area (Å²) in [6.07, 6.45) is 8.00. The lowest BCUT2D eigenvalue weighted by atomic mass is 9.75. The highest BCUT2D eigenvalue weighted by Crippen LogP contribution is 2.41. The molecule has 2 atom stereocenters. The lowest BCUT2D eigenvalue weighted by molar-refractivity contribution is 0.0876. The first-order valence-electron chi connectivity index (χ1n) is 9.27. The molecule has 0 saturated carbocycles. The van der Waals surface area contributed by atoms with Gasteiger partial charge in [0, 0.05) is 35.2 Å². The Morgan fingerprint density at radius 2 is 2.16 bits per heavy atom. The fraction of sp³-hybridized carbons (Fsp3) is 0.450. The Hall–Kier alpha value is -1.72. The van der Waals surface area contributed by atoms with Gasteiger partial charge in [-0.05, 0) is 67.4 Å². The molecule has 3 saturated heterocycles. The highest BCUT2D eigenvalue weighted by molar-refractivity contribution is 8.03. The third-order valence-electron chi connectivity index (χ3n) is 6.06. The van der Waals surface area contributed by atoms with Crippen LogP contribution in [0.2, 0.25) is 0 Å². The van der Waals surface area contributed by atoms with Crippen molar-refractivity contribution in [1.29, 1.82) is 5.41 Å². The van der Waals surface area contributed by atoms with Crippen LogP contribution in [0.1, 0.15) is 30.7 Å². The van der Waals surface area contributed by atoms with Crippen molar-refractivity contribution in [1.82, 2.24) is 9.88 Å². The Morgan fingerprint density at radius 1 is 1.28 bits per heavy atom. The molecule has 2 bridgehead atoms. The van der Waals surface area contributed by atoms with Gasteiger partial charge in [0.05, 0.1) is 5.25 Å². The maximum absolute atomic E-state index is 8.33. The molecule has 0 aliphatic carbocycles. The lowest BCUT2D eigenvalue weighted by Gasteiger charge is -2.44. The number of anilines is 1. The molecule has 0 amide bonds. The Kier molecular flexibility index (Phi) is 3.86. The van der Waals surface area contributed by atoms with Crippen LogP contribution < -0.4 is 5.32 Å². The van der Waals surface area contributed by atoms with Gasteiger partial charge < -0.3 is 15.2 Å². The van der Waals surface area contributed by atoms with E-state index in [1.165, 1.54) is 48.9 Å². The summed E-state index contributed by atoms with van der Waals surface area (Å²) in [5.74, 6) is 2.09. The average Bonchev–Trinajstić information content (AvgIpc) is 3.32. The molecule has 4 nitrogen and oxygen atoms in total. The van der Waals surface area contributed by atoms with Crippen LogP contribution in [-0.2, 0) is 0 Å². The van der Waals surface area contributed by atoms with Gasteiger partial charge >= 0.3 is 0 Å². The highest BCUT2D eigenvalue weighted by atomic mass is 32.2. The number of piperidine rings is 3. The van der Waals surface area contributed by atoms with E-state index in [1.54, 1.807) is 11.8 Å². The summed E-state index contributed by atoms with van der Waals surface area (Å²) in [4.78, 5) is 6.08. The summed E-state index contributed by atoms with van der Waals surface area (Å²) in [7, 11) is 0. The molecule has 130 valence electrons. The normalized spacial score (nSPS) is 30.9. The van der Waals surface area contributed by atoms with Crippen LogP contribution in [0.5, 0.6) is 0 Å². The number of nitrogens with one attached hydrogen (secondary N) is 3. The second-order valence-electron chi connectivity index (χ2n) is 7.52. The van der Waals surface area contributed by atoms with Gasteiger partial charge in [-0.2, -0.15) is 0 Å². The predicted octanol–water partition coefficient (Wildman–Crippen LogP) is 4.39. The Balaban J connectivity index is 1.42. The van der Waals surface area contributed by atoms with Gasteiger partial charge in [-0.1, -0.05) is 6.08 Å². The topological polar surface area (TPSA) is 54.9 Å². The number of allylic oxidation sites excluding steroid dienone is 1. The fourth-order valence-electron chi connectivity index (χ4n) is 4.65. The van der Waals surface area contributed by atoms with Crippen molar-refractivity contribution in [3.63, 3.8) is 0 Å². The van der Waals surface area contributed by atoms with Gasteiger partial charge in [0.25, 0.3) is 0 Å². The van der Waals surface area contributed by atoms with E-state index < -0.39 is 0 Å². The third-order valence-corrected chi connectivity index (χ3v) is 7.17. The fourth-order valence-corrected chi connectivity index (χ4v) is 5.48. The number of benzene rings is 1. The van der Waals surface area contributed by atoms with E-state index in [4.69, 9.17) is 5.41 Å². The first kappa shape index (κ1) is 15.5. The van der Waals surface area contributed by atoms with Gasteiger partial charge in [-0.3, -0.25) is 5.41 Å². The monoisotopic (exact) mass is 352 g/mol. The molecule has 0 spiro atoms. The number of fused-ring (bicyclic) bond motifs is 4. The number of nitrogens with zero attached hydrogens (tertiary/aromatic N) is 1. The zero-order valence-corrected chi connectivity index (χ0v) is 15.1. The summed E-state index contributed by atoms with van der Waals surface area (Å²) in [6, 6.07) is 6.47. The molecule has 4 aliphatic heterocycles. The molecule has 2 aromatic rings. The van der Waals surface area contributed by atoms with Gasteiger partial charge in [0.2, 0.25) is 0 Å². The first-order valence-corrected chi connectivity index (χ1v) is 10.2. The van der Waals surface area contributed by atoms with E-state index in [9.17, 15) is 0 Å². The molecule has 3 N–H and O–H groups in total. The van der Waals surface area contributed by atoms with Gasteiger partial charge in [0.15, 0.2) is 0 Å². The minimum atomic E-state index is 0.239. The second kappa shape index (κ2) is 6.22. The number of hydrogen-bond acceptors (Lipinski definition) is 3. The van der Waals surface area contributed by atoms with Crippen molar-refractivity contribution in [2.24, 2.45) is 5.92 Å². The Labute approximate surface area is 152 Å². The van der Waals surface area contributed by atoms with Gasteiger partial charge in [-0.25, -0.2) is 0 Å². The highest BCUT2D eigenvalue weighted by Gasteiger charge is 2.36. The smallest absolute Gasteiger partial charge is 0.112 e. The standard InChI is InChI=1S/C20H24N4S/c21-20(19-2-1-9-25-19)23-14-3-4-18-15(10-14)16(11-22-18)17-12-24-7-5-13(17)6-8-24/h1,3-4,9-11,13,17,19,22H,2,5-8,12H2,(H2,21,23). The number of hydrogen-bond donors (Lipinski definition) is 3. The molecular weight excluding hydrogens is 328 g/mol. The molecule has 1 aromatic carbocycles. The van der Waals surface area contributed by atoms with Crippen molar-refractivity contribution < 1.29 is 0 Å². The maximum Gasteiger partial charge on any atom is 0.112 e. The van der Waals surface area contributed by atoms with Crippen LogP contribution in [0.15, 0.2) is 35.9 Å². The van der Waals surface area contributed by atoms with Crippen molar-refractivity contribution in [2.75, 3.05) is 25.0 Å². The average molecular weight is 353 g/mol. The number of amidine groups is 1. The molecule has 5 heterocycles. The number of rotatable bonds is 3. The zero-order chi connectivity index (χ0) is 16.8. The largest absolute Gasteiger partial charge is 0.361 e. The van der Waals surface area contributed by atoms with Crippen LogP contribution >= 0.6 is 11.8 Å². The van der Waals surface area contributed by atoms with Crippen molar-refractivity contribution in [3.8, 4) is 0 Å². The summed E-state index contributed by atoms with van der Waals surface area (Å²) in [6.45, 7) is 3.76. The van der Waals surface area contributed by atoms with Crippen LogP contribution in [0.3, 0.4) is 0 Å². The Morgan fingerprint density at radius 3 is 2.88 bits per heavy atom. The third kappa shape index (κ3) is 2.79. The SMILES string of the molecule is N=C(Nc1ccc2[nH]cc(C3CN4CCC3CC4)c2c1)C1CC=CS1. The quantitative estimate of drug-likeness (QED) is 0.567. The maximum atomic E-state index is 8.33. The number of aromatic nitrogens is 1. The summed E-state index contributed by atoms with van der Waals surface area (Å²) >= 11 is 1.73. The minimum Gasteiger partial charge on any atom is -0.361 e. The van der Waals surface area contributed by atoms with E-state index in [0.29, 0.717) is 11.8 Å². The van der Waals surface area contributed by atoms with E-state index in [1.807, 2.05) is 0 Å². The van der Waals surface area contributed by atoms with Crippen LogP contribution in [0.4, 0.5) is 5.69 Å². The van der Waals surface area contributed by atoms with E-state index >= 15 is 0 Å². The molecule has 5 heteroatoms. The lowest BCUT2D eigenvalue weighted by Crippen LogP contribution is -2.46. The second-order valence-corrected chi connectivity index (χ2v) is 8.63. The molecule has 0 radical (unpaired) electrons.